The first-order valence-corrected chi connectivity index (χ1v) is 7.16. The van der Waals surface area contributed by atoms with E-state index in [4.69, 9.17) is 27.9 Å². The van der Waals surface area contributed by atoms with E-state index in [1.807, 2.05) is 0 Å². The minimum absolute atomic E-state index is 0.0209. The van der Waals surface area contributed by atoms with Crippen molar-refractivity contribution in [2.24, 2.45) is 5.14 Å². The zero-order valence-electron chi connectivity index (χ0n) is 8.61. The van der Waals surface area contributed by atoms with Crippen LogP contribution < -0.4 is 9.88 Å². The van der Waals surface area contributed by atoms with Crippen LogP contribution in [-0.4, -0.2) is 15.0 Å². The van der Waals surface area contributed by atoms with E-state index in [2.05, 4.69) is 21.9 Å². The molecule has 0 amide bonds. The average Bonchev–Trinajstić information content (AvgIpc) is 2.19. The lowest BCUT2D eigenvalue weighted by molar-refractivity contribution is 0.319. The number of sulfonamides is 1. The maximum Gasteiger partial charge on any atom is 0.241 e. The van der Waals surface area contributed by atoms with Gasteiger partial charge in [0.15, 0.2) is 5.75 Å². The predicted molar refractivity (Wildman–Crippen MR) is 69.5 cm³/mol. The van der Waals surface area contributed by atoms with E-state index in [-0.39, 0.29) is 22.3 Å². The van der Waals surface area contributed by atoms with Crippen LogP contribution in [0, 0.1) is 12.3 Å². The second-order valence-electron chi connectivity index (χ2n) is 3.06. The predicted octanol–water partition coefficient (Wildman–Crippen LogP) is 2.15. The van der Waals surface area contributed by atoms with Gasteiger partial charge in [0, 0.05) is 10.9 Å². The highest BCUT2D eigenvalue weighted by Crippen LogP contribution is 2.34. The molecule has 0 unspecified atom stereocenters. The minimum atomic E-state index is -3.91. The molecule has 0 aliphatic rings. The van der Waals surface area contributed by atoms with Crippen molar-refractivity contribution in [2.45, 2.75) is 11.3 Å². The largest absolute Gasteiger partial charge is 0.490 e. The highest BCUT2D eigenvalue weighted by atomic mass is 79.9. The zero-order valence-corrected chi connectivity index (χ0v) is 11.8. The topological polar surface area (TPSA) is 69.4 Å². The van der Waals surface area contributed by atoms with Crippen molar-refractivity contribution in [3.63, 3.8) is 0 Å². The van der Waals surface area contributed by atoms with Crippen molar-refractivity contribution < 1.29 is 13.2 Å². The molecule has 92 valence electrons. The molecule has 0 aromatic heterocycles. The van der Waals surface area contributed by atoms with Crippen LogP contribution in [0.3, 0.4) is 0 Å². The molecule has 17 heavy (non-hydrogen) atoms. The first kappa shape index (κ1) is 14.3. The second-order valence-corrected chi connectivity index (χ2v) is 5.92. The average molecular weight is 339 g/mol. The van der Waals surface area contributed by atoms with Crippen LogP contribution in [0.5, 0.6) is 5.75 Å². The van der Waals surface area contributed by atoms with Crippen LogP contribution in [-0.2, 0) is 10.0 Å². The van der Waals surface area contributed by atoms with E-state index in [1.165, 1.54) is 12.1 Å². The third-order valence-electron chi connectivity index (χ3n) is 1.77. The number of hydrogen-bond donors (Lipinski definition) is 1. The number of primary sulfonamides is 1. The Morgan fingerprint density at radius 3 is 2.71 bits per heavy atom. The van der Waals surface area contributed by atoms with Gasteiger partial charge in [0.2, 0.25) is 10.0 Å². The Kier molecular flexibility index (Phi) is 4.83. The molecule has 0 bridgehead atoms. The van der Waals surface area contributed by atoms with Crippen molar-refractivity contribution in [3.05, 3.63) is 21.6 Å². The number of ether oxygens (including phenoxy) is 1. The summed E-state index contributed by atoms with van der Waals surface area (Å²) in [5, 5.41) is 5.23. The molecule has 7 heteroatoms. The van der Waals surface area contributed by atoms with Gasteiger partial charge in [-0.1, -0.05) is 27.5 Å². The Labute approximate surface area is 113 Å². The highest BCUT2D eigenvalue weighted by molar-refractivity contribution is 9.10. The first-order chi connectivity index (χ1) is 7.86. The first-order valence-electron chi connectivity index (χ1n) is 4.44. The van der Waals surface area contributed by atoms with Crippen molar-refractivity contribution in [1.29, 1.82) is 0 Å². The number of nitrogens with two attached hydrogens (primary N) is 1. The fraction of sp³-hybridized carbons (Fsp3) is 0.200. The summed E-state index contributed by atoms with van der Waals surface area (Å²) in [7, 11) is -3.91. The fourth-order valence-electron chi connectivity index (χ4n) is 1.10. The maximum absolute atomic E-state index is 11.4. The standard InChI is InChI=1S/C10H9BrClNO3S/c1-2-3-4-16-10-8(12)5-7(11)6-9(10)17(13,14)15/h1,5-6H,3-4H2,(H2,13,14,15). The number of benzene rings is 1. The van der Waals surface area contributed by atoms with Gasteiger partial charge in [-0.15, -0.1) is 12.3 Å². The Morgan fingerprint density at radius 1 is 1.53 bits per heavy atom. The van der Waals surface area contributed by atoms with Crippen molar-refractivity contribution in [3.8, 4) is 18.1 Å². The molecule has 0 aliphatic carbocycles. The molecule has 0 saturated carbocycles. The Morgan fingerprint density at radius 2 is 2.18 bits per heavy atom. The number of rotatable bonds is 4. The molecule has 0 saturated heterocycles. The van der Waals surface area contributed by atoms with Crippen molar-refractivity contribution >= 4 is 37.6 Å². The van der Waals surface area contributed by atoms with E-state index in [0.29, 0.717) is 10.9 Å². The molecule has 1 rings (SSSR count). The summed E-state index contributed by atoms with van der Waals surface area (Å²) in [4.78, 5) is -0.172. The number of terminal acetylenes is 1. The van der Waals surface area contributed by atoms with E-state index in [0.717, 1.165) is 0 Å². The van der Waals surface area contributed by atoms with Crippen LogP contribution in [0.15, 0.2) is 21.5 Å². The van der Waals surface area contributed by atoms with E-state index in [9.17, 15) is 8.42 Å². The molecule has 1 aromatic carbocycles. The summed E-state index contributed by atoms with van der Waals surface area (Å²) in [6.45, 7) is 0.167. The molecule has 0 aliphatic heterocycles. The summed E-state index contributed by atoms with van der Waals surface area (Å²) in [6, 6.07) is 2.84. The Balaban J connectivity index is 3.23. The van der Waals surface area contributed by atoms with Crippen LogP contribution in [0.1, 0.15) is 6.42 Å². The summed E-state index contributed by atoms with van der Waals surface area (Å²) < 4.78 is 28.5. The Bertz CT molecular complexity index is 566. The number of hydrogen-bond acceptors (Lipinski definition) is 3. The van der Waals surface area contributed by atoms with E-state index < -0.39 is 10.0 Å². The maximum atomic E-state index is 11.4. The molecular formula is C10H9BrClNO3S. The number of halogens is 2. The van der Waals surface area contributed by atoms with E-state index >= 15 is 0 Å². The lowest BCUT2D eigenvalue weighted by Crippen LogP contribution is -2.14. The quantitative estimate of drug-likeness (QED) is 0.675. The van der Waals surface area contributed by atoms with E-state index in [1.54, 1.807) is 0 Å². The van der Waals surface area contributed by atoms with Gasteiger partial charge < -0.3 is 4.74 Å². The molecule has 0 atom stereocenters. The molecular weight excluding hydrogens is 330 g/mol. The molecule has 0 spiro atoms. The van der Waals surface area contributed by atoms with Crippen LogP contribution in [0.4, 0.5) is 0 Å². The van der Waals surface area contributed by atoms with Gasteiger partial charge in [-0.2, -0.15) is 0 Å². The van der Waals surface area contributed by atoms with Gasteiger partial charge in [-0.25, -0.2) is 13.6 Å². The van der Waals surface area contributed by atoms with Crippen LogP contribution in [0.25, 0.3) is 0 Å². The molecule has 0 fully saturated rings. The highest BCUT2D eigenvalue weighted by Gasteiger charge is 2.19. The molecule has 2 N–H and O–H groups in total. The van der Waals surface area contributed by atoms with Crippen LogP contribution >= 0.6 is 27.5 Å². The summed E-state index contributed by atoms with van der Waals surface area (Å²) in [6.07, 6.45) is 5.41. The lowest BCUT2D eigenvalue weighted by atomic mass is 10.3. The van der Waals surface area contributed by atoms with Gasteiger partial charge in [0.1, 0.15) is 4.90 Å². The summed E-state index contributed by atoms with van der Waals surface area (Å²) >= 11 is 9.02. The molecule has 4 nitrogen and oxygen atoms in total. The van der Waals surface area contributed by atoms with Crippen LogP contribution in [0.2, 0.25) is 5.02 Å². The van der Waals surface area contributed by atoms with Crippen molar-refractivity contribution in [2.75, 3.05) is 6.61 Å². The lowest BCUT2D eigenvalue weighted by Gasteiger charge is -2.11. The van der Waals surface area contributed by atoms with Gasteiger partial charge in [-0.05, 0) is 12.1 Å². The van der Waals surface area contributed by atoms with Gasteiger partial charge in [-0.3, -0.25) is 0 Å². The fourth-order valence-corrected chi connectivity index (χ4v) is 2.89. The van der Waals surface area contributed by atoms with Gasteiger partial charge in [0.25, 0.3) is 0 Å². The third-order valence-corrected chi connectivity index (χ3v) is 3.43. The molecule has 0 radical (unpaired) electrons. The third kappa shape index (κ3) is 3.89. The smallest absolute Gasteiger partial charge is 0.241 e. The second kappa shape index (κ2) is 5.74. The molecule has 0 heterocycles. The monoisotopic (exact) mass is 337 g/mol. The minimum Gasteiger partial charge on any atom is -0.490 e. The van der Waals surface area contributed by atoms with Crippen molar-refractivity contribution in [1.82, 2.24) is 0 Å². The summed E-state index contributed by atoms with van der Waals surface area (Å²) in [5.41, 5.74) is 0. The summed E-state index contributed by atoms with van der Waals surface area (Å²) in [5.74, 6) is 2.39. The Hall–Kier alpha value is -0.740. The van der Waals surface area contributed by atoms with Gasteiger partial charge >= 0.3 is 0 Å². The SMILES string of the molecule is C#CCCOc1c(Cl)cc(Br)cc1S(N)(=O)=O. The van der Waals surface area contributed by atoms with Gasteiger partial charge in [0.05, 0.1) is 11.6 Å². The zero-order chi connectivity index (χ0) is 13.1. The molecule has 1 aromatic rings. The normalized spacial score (nSPS) is 10.9.